The molecule has 1 amide bonds. The van der Waals surface area contributed by atoms with Crippen LogP contribution in [0.3, 0.4) is 0 Å². The number of aromatic amines is 1. The van der Waals surface area contributed by atoms with Crippen molar-refractivity contribution in [1.82, 2.24) is 10.2 Å². The van der Waals surface area contributed by atoms with Crippen molar-refractivity contribution in [2.45, 2.75) is 44.9 Å². The minimum atomic E-state index is -0.105. The van der Waals surface area contributed by atoms with E-state index in [1.165, 1.54) is 5.56 Å². The summed E-state index contributed by atoms with van der Waals surface area (Å²) in [5.41, 5.74) is 5.70. The van der Waals surface area contributed by atoms with Gasteiger partial charge in [-0.1, -0.05) is 63.2 Å². The Hall–Kier alpha value is -2.88. The highest BCUT2D eigenvalue weighted by Crippen LogP contribution is 2.45. The van der Waals surface area contributed by atoms with Gasteiger partial charge in [0, 0.05) is 17.0 Å². The highest BCUT2D eigenvalue weighted by molar-refractivity contribution is 6.06. The normalized spacial score (nSPS) is 14.2. The first-order valence-electron chi connectivity index (χ1n) is 9.49. The van der Waals surface area contributed by atoms with Crippen LogP contribution in [0.5, 0.6) is 0 Å². The fourth-order valence-electron chi connectivity index (χ4n) is 3.26. The number of amides is 1. The molecular formula is C23H25N3O. The van der Waals surface area contributed by atoms with E-state index in [1.807, 2.05) is 30.3 Å². The molecule has 3 aromatic rings. The van der Waals surface area contributed by atoms with E-state index in [2.05, 4.69) is 60.6 Å². The van der Waals surface area contributed by atoms with E-state index >= 15 is 0 Å². The number of carbonyl (C=O) groups excluding carboxylic acids is 1. The van der Waals surface area contributed by atoms with Crippen molar-refractivity contribution in [3.8, 4) is 11.3 Å². The van der Waals surface area contributed by atoms with Gasteiger partial charge in [-0.05, 0) is 36.0 Å². The third-order valence-electron chi connectivity index (χ3n) is 5.08. The van der Waals surface area contributed by atoms with E-state index < -0.39 is 0 Å². The number of hydrogen-bond donors (Lipinski definition) is 2. The van der Waals surface area contributed by atoms with Crippen LogP contribution in [-0.2, 0) is 5.41 Å². The maximum absolute atomic E-state index is 12.7. The molecule has 4 rings (SSSR count). The van der Waals surface area contributed by atoms with Crippen LogP contribution in [0.25, 0.3) is 11.3 Å². The summed E-state index contributed by atoms with van der Waals surface area (Å²) in [7, 11) is 0. The molecule has 0 bridgehead atoms. The van der Waals surface area contributed by atoms with Gasteiger partial charge in [0.25, 0.3) is 5.91 Å². The van der Waals surface area contributed by atoms with E-state index in [1.54, 1.807) is 0 Å². The first-order valence-corrected chi connectivity index (χ1v) is 9.49. The first-order chi connectivity index (χ1) is 12.9. The highest BCUT2D eigenvalue weighted by atomic mass is 16.1. The molecule has 0 aliphatic heterocycles. The Bertz CT molecular complexity index is 946. The van der Waals surface area contributed by atoms with Gasteiger partial charge in [0.1, 0.15) is 5.69 Å². The molecular weight excluding hydrogens is 334 g/mol. The molecule has 0 radical (unpaired) electrons. The Morgan fingerprint density at radius 1 is 1.04 bits per heavy atom. The lowest BCUT2D eigenvalue weighted by Crippen LogP contribution is -2.13. The van der Waals surface area contributed by atoms with Gasteiger partial charge in [0.05, 0.1) is 11.4 Å². The van der Waals surface area contributed by atoms with Crippen LogP contribution in [-0.4, -0.2) is 16.1 Å². The quantitative estimate of drug-likeness (QED) is 0.646. The molecule has 1 aliphatic carbocycles. The summed E-state index contributed by atoms with van der Waals surface area (Å²) in [6.07, 6.45) is 2.28. The van der Waals surface area contributed by atoms with Crippen molar-refractivity contribution in [1.29, 1.82) is 0 Å². The number of rotatable bonds is 4. The zero-order valence-electron chi connectivity index (χ0n) is 16.0. The molecule has 2 aromatic carbocycles. The molecule has 27 heavy (non-hydrogen) atoms. The van der Waals surface area contributed by atoms with E-state index in [-0.39, 0.29) is 11.3 Å². The number of H-pyrrole nitrogens is 1. The molecule has 1 heterocycles. The summed E-state index contributed by atoms with van der Waals surface area (Å²) in [6, 6.07) is 17.8. The van der Waals surface area contributed by atoms with Gasteiger partial charge in [-0.3, -0.25) is 9.89 Å². The Balaban J connectivity index is 1.68. The molecule has 138 valence electrons. The number of anilines is 1. The minimum Gasteiger partial charge on any atom is -0.319 e. The number of hydrogen-bond acceptors (Lipinski definition) is 2. The molecule has 0 spiro atoms. The van der Waals surface area contributed by atoms with Crippen LogP contribution in [0.1, 0.15) is 61.1 Å². The maximum Gasteiger partial charge on any atom is 0.255 e. The Morgan fingerprint density at radius 2 is 1.70 bits per heavy atom. The zero-order valence-corrected chi connectivity index (χ0v) is 16.0. The maximum atomic E-state index is 12.7. The van der Waals surface area contributed by atoms with Gasteiger partial charge in [-0.2, -0.15) is 5.10 Å². The largest absolute Gasteiger partial charge is 0.319 e. The number of nitrogens with one attached hydrogen (secondary N) is 2. The predicted octanol–water partition coefficient (Wildman–Crippen LogP) is 5.50. The average molecular weight is 359 g/mol. The van der Waals surface area contributed by atoms with E-state index in [4.69, 9.17) is 0 Å². The summed E-state index contributed by atoms with van der Waals surface area (Å²) in [6.45, 7) is 6.60. The predicted molar refractivity (Wildman–Crippen MR) is 109 cm³/mol. The SMILES string of the molecule is CC(C)(C)c1ccc(-c2n[nH]c(C3CC3)c2NC(=O)c2ccccc2)cc1. The van der Waals surface area contributed by atoms with Crippen molar-refractivity contribution in [2.24, 2.45) is 0 Å². The Labute approximate surface area is 160 Å². The smallest absolute Gasteiger partial charge is 0.255 e. The van der Waals surface area contributed by atoms with Gasteiger partial charge in [0.2, 0.25) is 0 Å². The fourth-order valence-corrected chi connectivity index (χ4v) is 3.26. The first kappa shape index (κ1) is 17.5. The minimum absolute atomic E-state index is 0.105. The lowest BCUT2D eigenvalue weighted by atomic mass is 9.86. The number of benzene rings is 2. The standard InChI is InChI=1S/C23H25N3O/c1-23(2,3)18-13-11-16(12-14-18)20-21(19(25-26-20)15-9-10-15)24-22(27)17-7-5-4-6-8-17/h4-8,11-15H,9-10H2,1-3H3,(H,24,27)(H,25,26). The third-order valence-corrected chi connectivity index (χ3v) is 5.08. The van der Waals surface area contributed by atoms with Crippen LogP contribution in [0.15, 0.2) is 54.6 Å². The van der Waals surface area contributed by atoms with Gasteiger partial charge in [0.15, 0.2) is 0 Å². The molecule has 0 atom stereocenters. The summed E-state index contributed by atoms with van der Waals surface area (Å²) < 4.78 is 0. The monoisotopic (exact) mass is 359 g/mol. The summed E-state index contributed by atoms with van der Waals surface area (Å²) in [5.74, 6) is 0.359. The van der Waals surface area contributed by atoms with Crippen LogP contribution in [0.2, 0.25) is 0 Å². The van der Waals surface area contributed by atoms with Crippen molar-refractivity contribution >= 4 is 11.6 Å². The Kier molecular flexibility index (Phi) is 4.34. The van der Waals surface area contributed by atoms with E-state index in [0.717, 1.165) is 35.5 Å². The van der Waals surface area contributed by atoms with Crippen molar-refractivity contribution in [3.05, 3.63) is 71.4 Å². The van der Waals surface area contributed by atoms with Gasteiger partial charge >= 0.3 is 0 Å². The topological polar surface area (TPSA) is 57.8 Å². The second-order valence-electron chi connectivity index (χ2n) is 8.28. The number of aromatic nitrogens is 2. The Morgan fingerprint density at radius 3 is 2.30 bits per heavy atom. The van der Waals surface area contributed by atoms with Crippen molar-refractivity contribution < 1.29 is 4.79 Å². The van der Waals surface area contributed by atoms with Crippen molar-refractivity contribution in [2.75, 3.05) is 5.32 Å². The molecule has 4 nitrogen and oxygen atoms in total. The van der Waals surface area contributed by atoms with Crippen LogP contribution in [0, 0.1) is 0 Å². The second-order valence-corrected chi connectivity index (χ2v) is 8.28. The van der Waals surface area contributed by atoms with Crippen LogP contribution >= 0.6 is 0 Å². The van der Waals surface area contributed by atoms with Gasteiger partial charge in [-0.25, -0.2) is 0 Å². The highest BCUT2D eigenvalue weighted by Gasteiger charge is 2.31. The third kappa shape index (κ3) is 3.65. The van der Waals surface area contributed by atoms with Gasteiger partial charge in [-0.15, -0.1) is 0 Å². The average Bonchev–Trinajstić information content (AvgIpc) is 3.42. The molecule has 0 saturated heterocycles. The lowest BCUT2D eigenvalue weighted by Gasteiger charge is -2.19. The summed E-state index contributed by atoms with van der Waals surface area (Å²) in [4.78, 5) is 12.7. The molecule has 2 N–H and O–H groups in total. The van der Waals surface area contributed by atoms with Gasteiger partial charge < -0.3 is 5.32 Å². The molecule has 1 aliphatic rings. The summed E-state index contributed by atoms with van der Waals surface area (Å²) in [5, 5.41) is 10.8. The van der Waals surface area contributed by atoms with E-state index in [9.17, 15) is 4.79 Å². The van der Waals surface area contributed by atoms with Crippen molar-refractivity contribution in [3.63, 3.8) is 0 Å². The summed E-state index contributed by atoms with van der Waals surface area (Å²) >= 11 is 0. The second kappa shape index (κ2) is 6.69. The number of nitrogens with zero attached hydrogens (tertiary/aromatic N) is 1. The molecule has 1 fully saturated rings. The lowest BCUT2D eigenvalue weighted by molar-refractivity contribution is 0.102. The number of carbonyl (C=O) groups is 1. The molecule has 4 heteroatoms. The van der Waals surface area contributed by atoms with Crippen LogP contribution < -0.4 is 5.32 Å². The van der Waals surface area contributed by atoms with E-state index in [0.29, 0.717) is 11.5 Å². The molecule has 1 saturated carbocycles. The zero-order chi connectivity index (χ0) is 19.0. The van der Waals surface area contributed by atoms with Crippen LogP contribution in [0.4, 0.5) is 5.69 Å². The molecule has 0 unspecified atom stereocenters. The molecule has 1 aromatic heterocycles. The fraction of sp³-hybridized carbons (Fsp3) is 0.304.